The van der Waals surface area contributed by atoms with Gasteiger partial charge < -0.3 is 5.73 Å². The monoisotopic (exact) mass is 179 g/mol. The SMILES string of the molecule is Cc1cc(F)ccc1C=CC(N)=O. The second-order valence-corrected chi connectivity index (χ2v) is 2.74. The molecule has 1 rings (SSSR count). The Hall–Kier alpha value is -1.64. The van der Waals surface area contributed by atoms with Gasteiger partial charge in [0.15, 0.2) is 0 Å². The molecule has 0 aliphatic rings. The Morgan fingerprint density at radius 3 is 2.77 bits per heavy atom. The molecule has 0 radical (unpaired) electrons. The Bertz CT molecular complexity index is 358. The van der Waals surface area contributed by atoms with Gasteiger partial charge in [0.2, 0.25) is 5.91 Å². The van der Waals surface area contributed by atoms with E-state index in [1.54, 1.807) is 19.1 Å². The predicted molar refractivity (Wildman–Crippen MR) is 49.4 cm³/mol. The van der Waals surface area contributed by atoms with E-state index < -0.39 is 5.91 Å². The fraction of sp³-hybridized carbons (Fsp3) is 0.100. The number of hydrogen-bond acceptors (Lipinski definition) is 1. The van der Waals surface area contributed by atoms with Crippen LogP contribution in [0.2, 0.25) is 0 Å². The lowest BCUT2D eigenvalue weighted by molar-refractivity contribution is -0.113. The number of halogens is 1. The number of aryl methyl sites for hydroxylation is 1. The van der Waals surface area contributed by atoms with Crippen LogP contribution in [-0.2, 0) is 4.79 Å². The van der Waals surface area contributed by atoms with Crippen LogP contribution in [-0.4, -0.2) is 5.91 Å². The van der Waals surface area contributed by atoms with Gasteiger partial charge in [-0.2, -0.15) is 0 Å². The first kappa shape index (κ1) is 9.45. The molecule has 0 saturated heterocycles. The number of primary amides is 1. The minimum Gasteiger partial charge on any atom is -0.366 e. The number of hydrogen-bond donors (Lipinski definition) is 1. The highest BCUT2D eigenvalue weighted by atomic mass is 19.1. The lowest BCUT2D eigenvalue weighted by Gasteiger charge is -1.98. The first-order chi connectivity index (χ1) is 6.09. The summed E-state index contributed by atoms with van der Waals surface area (Å²) in [5, 5.41) is 0. The molecule has 0 spiro atoms. The molecule has 0 aliphatic carbocycles. The van der Waals surface area contributed by atoms with Crippen molar-refractivity contribution in [2.45, 2.75) is 6.92 Å². The maximum absolute atomic E-state index is 12.6. The minimum absolute atomic E-state index is 0.284. The van der Waals surface area contributed by atoms with Gasteiger partial charge in [0.25, 0.3) is 0 Å². The number of amides is 1. The molecule has 0 bridgehead atoms. The topological polar surface area (TPSA) is 43.1 Å². The zero-order chi connectivity index (χ0) is 9.84. The number of nitrogens with two attached hydrogens (primary N) is 1. The third-order valence-corrected chi connectivity index (χ3v) is 1.66. The van der Waals surface area contributed by atoms with E-state index >= 15 is 0 Å². The summed E-state index contributed by atoms with van der Waals surface area (Å²) in [4.78, 5) is 10.4. The van der Waals surface area contributed by atoms with Gasteiger partial charge in [0.1, 0.15) is 5.82 Å². The summed E-state index contributed by atoms with van der Waals surface area (Å²) in [6, 6.07) is 4.35. The van der Waals surface area contributed by atoms with E-state index in [1.807, 2.05) is 0 Å². The van der Waals surface area contributed by atoms with Gasteiger partial charge in [-0.05, 0) is 36.3 Å². The summed E-state index contributed by atoms with van der Waals surface area (Å²) in [7, 11) is 0. The van der Waals surface area contributed by atoms with Gasteiger partial charge in [-0.15, -0.1) is 0 Å². The molecule has 0 saturated carbocycles. The molecule has 1 aromatic carbocycles. The van der Waals surface area contributed by atoms with Gasteiger partial charge in [0, 0.05) is 6.08 Å². The van der Waals surface area contributed by atoms with Gasteiger partial charge in [0.05, 0.1) is 0 Å². The zero-order valence-electron chi connectivity index (χ0n) is 7.25. The molecule has 0 unspecified atom stereocenters. The Balaban J connectivity index is 2.96. The average Bonchev–Trinajstić information content (AvgIpc) is 2.02. The summed E-state index contributed by atoms with van der Waals surface area (Å²) in [5.74, 6) is -0.794. The molecule has 1 amide bonds. The van der Waals surface area contributed by atoms with E-state index in [-0.39, 0.29) is 5.82 Å². The normalized spacial score (nSPS) is 10.6. The third kappa shape index (κ3) is 2.71. The Morgan fingerprint density at radius 2 is 2.23 bits per heavy atom. The van der Waals surface area contributed by atoms with E-state index in [1.165, 1.54) is 18.2 Å². The van der Waals surface area contributed by atoms with Crippen LogP contribution in [0, 0.1) is 12.7 Å². The molecular weight excluding hydrogens is 169 g/mol. The van der Waals surface area contributed by atoms with E-state index in [0.717, 1.165) is 11.1 Å². The van der Waals surface area contributed by atoms with Crippen LogP contribution >= 0.6 is 0 Å². The van der Waals surface area contributed by atoms with E-state index in [4.69, 9.17) is 5.73 Å². The van der Waals surface area contributed by atoms with Gasteiger partial charge in [-0.25, -0.2) is 4.39 Å². The number of carbonyl (C=O) groups excluding carboxylic acids is 1. The number of rotatable bonds is 2. The third-order valence-electron chi connectivity index (χ3n) is 1.66. The second kappa shape index (κ2) is 3.85. The van der Waals surface area contributed by atoms with E-state index in [9.17, 15) is 9.18 Å². The van der Waals surface area contributed by atoms with Crippen LogP contribution in [0.1, 0.15) is 11.1 Å². The zero-order valence-corrected chi connectivity index (χ0v) is 7.25. The molecule has 0 fully saturated rings. The highest BCUT2D eigenvalue weighted by Crippen LogP contribution is 2.11. The summed E-state index contributed by atoms with van der Waals surface area (Å²) in [6.45, 7) is 1.77. The first-order valence-corrected chi connectivity index (χ1v) is 3.83. The standard InChI is InChI=1S/C10H10FNO/c1-7-6-9(11)4-2-8(7)3-5-10(12)13/h2-6H,1H3,(H2,12,13). The van der Waals surface area contributed by atoms with Crippen molar-refractivity contribution in [2.75, 3.05) is 0 Å². The summed E-state index contributed by atoms with van der Waals surface area (Å²) < 4.78 is 12.6. The van der Waals surface area contributed by atoms with Crippen LogP contribution in [0.3, 0.4) is 0 Å². The highest BCUT2D eigenvalue weighted by molar-refractivity contribution is 5.90. The van der Waals surface area contributed by atoms with Crippen molar-refractivity contribution in [3.63, 3.8) is 0 Å². The van der Waals surface area contributed by atoms with Crippen molar-refractivity contribution in [3.8, 4) is 0 Å². The first-order valence-electron chi connectivity index (χ1n) is 3.83. The predicted octanol–water partition coefficient (Wildman–Crippen LogP) is 1.63. The Morgan fingerprint density at radius 1 is 1.54 bits per heavy atom. The maximum Gasteiger partial charge on any atom is 0.241 e. The van der Waals surface area contributed by atoms with Crippen molar-refractivity contribution in [1.82, 2.24) is 0 Å². The van der Waals surface area contributed by atoms with Gasteiger partial charge >= 0.3 is 0 Å². The van der Waals surface area contributed by atoms with Crippen molar-refractivity contribution in [2.24, 2.45) is 5.73 Å². The molecule has 2 N–H and O–H groups in total. The van der Waals surface area contributed by atoms with Crippen LogP contribution in [0.5, 0.6) is 0 Å². The average molecular weight is 179 g/mol. The molecule has 0 aromatic heterocycles. The Kier molecular flexibility index (Phi) is 2.80. The fourth-order valence-corrected chi connectivity index (χ4v) is 0.998. The molecule has 0 heterocycles. The van der Waals surface area contributed by atoms with Crippen molar-refractivity contribution < 1.29 is 9.18 Å². The number of carbonyl (C=O) groups is 1. The van der Waals surface area contributed by atoms with Crippen LogP contribution < -0.4 is 5.73 Å². The molecule has 3 heteroatoms. The number of benzene rings is 1. The van der Waals surface area contributed by atoms with E-state index in [2.05, 4.69) is 0 Å². The summed E-state index contributed by atoms with van der Waals surface area (Å²) >= 11 is 0. The van der Waals surface area contributed by atoms with Crippen LogP contribution in [0.25, 0.3) is 6.08 Å². The highest BCUT2D eigenvalue weighted by Gasteiger charge is 1.96. The lowest BCUT2D eigenvalue weighted by Crippen LogP contribution is -2.05. The molecule has 68 valence electrons. The molecule has 2 nitrogen and oxygen atoms in total. The molecule has 13 heavy (non-hydrogen) atoms. The largest absolute Gasteiger partial charge is 0.366 e. The van der Waals surface area contributed by atoms with E-state index in [0.29, 0.717) is 0 Å². The summed E-state index contributed by atoms with van der Waals surface area (Å²) in [6.07, 6.45) is 2.82. The van der Waals surface area contributed by atoms with Crippen molar-refractivity contribution in [3.05, 3.63) is 41.2 Å². The fourth-order valence-electron chi connectivity index (χ4n) is 0.998. The molecule has 1 aromatic rings. The second-order valence-electron chi connectivity index (χ2n) is 2.74. The van der Waals surface area contributed by atoms with Crippen LogP contribution in [0.15, 0.2) is 24.3 Å². The Labute approximate surface area is 75.9 Å². The molecular formula is C10H10FNO. The maximum atomic E-state index is 12.6. The minimum atomic E-state index is -0.510. The molecule has 0 aliphatic heterocycles. The summed E-state index contributed by atoms with van der Waals surface area (Å²) in [5.41, 5.74) is 6.49. The molecule has 0 atom stereocenters. The van der Waals surface area contributed by atoms with Gasteiger partial charge in [-0.1, -0.05) is 6.07 Å². The van der Waals surface area contributed by atoms with Gasteiger partial charge in [-0.3, -0.25) is 4.79 Å². The van der Waals surface area contributed by atoms with Crippen molar-refractivity contribution >= 4 is 12.0 Å². The van der Waals surface area contributed by atoms with Crippen molar-refractivity contribution in [1.29, 1.82) is 0 Å². The van der Waals surface area contributed by atoms with Crippen LogP contribution in [0.4, 0.5) is 4.39 Å². The smallest absolute Gasteiger partial charge is 0.241 e. The lowest BCUT2D eigenvalue weighted by atomic mass is 10.1. The quantitative estimate of drug-likeness (QED) is 0.689.